The van der Waals surface area contributed by atoms with Crippen molar-refractivity contribution < 1.29 is 14.2 Å². The van der Waals surface area contributed by atoms with Crippen molar-refractivity contribution in [3.8, 4) is 11.5 Å². The molecule has 96 valence electrons. The minimum Gasteiger partial charge on any atom is -0.497 e. The summed E-state index contributed by atoms with van der Waals surface area (Å²) in [7, 11) is 3.24. The van der Waals surface area contributed by atoms with Gasteiger partial charge in [-0.1, -0.05) is 0 Å². The fourth-order valence-corrected chi connectivity index (χ4v) is 1.57. The highest BCUT2D eigenvalue weighted by Gasteiger charge is 2.15. The molecule has 0 saturated carbocycles. The van der Waals surface area contributed by atoms with E-state index < -0.39 is 0 Å². The van der Waals surface area contributed by atoms with Crippen LogP contribution in [0.2, 0.25) is 0 Å². The molecule has 1 aromatic carbocycles. The second kappa shape index (κ2) is 7.11. The first-order valence-electron chi connectivity index (χ1n) is 5.52. The third-order valence-electron chi connectivity index (χ3n) is 2.51. The van der Waals surface area contributed by atoms with Crippen LogP contribution in [-0.2, 0) is 4.74 Å². The largest absolute Gasteiger partial charge is 0.497 e. The van der Waals surface area contributed by atoms with E-state index in [4.69, 9.17) is 20.1 Å². The lowest BCUT2D eigenvalue weighted by Crippen LogP contribution is -2.31. The molecule has 17 heavy (non-hydrogen) atoms. The second-order valence-electron chi connectivity index (χ2n) is 3.49. The zero-order valence-corrected chi connectivity index (χ0v) is 10.5. The molecule has 0 saturated heterocycles. The number of hydrogen-bond donors (Lipinski definition) is 2. The molecule has 1 unspecified atom stereocenters. The maximum atomic E-state index is 5.52. The monoisotopic (exact) mass is 240 g/mol. The van der Waals surface area contributed by atoms with Crippen molar-refractivity contribution in [1.82, 2.24) is 5.43 Å². The Balaban J connectivity index is 2.93. The van der Waals surface area contributed by atoms with E-state index in [1.807, 2.05) is 25.1 Å². The molecule has 5 nitrogen and oxygen atoms in total. The molecule has 0 radical (unpaired) electrons. The molecular formula is C12H20N2O3. The van der Waals surface area contributed by atoms with Crippen molar-refractivity contribution >= 4 is 0 Å². The van der Waals surface area contributed by atoms with Crippen LogP contribution in [0, 0.1) is 0 Å². The van der Waals surface area contributed by atoms with Gasteiger partial charge >= 0.3 is 0 Å². The Morgan fingerprint density at radius 2 is 2.06 bits per heavy atom. The summed E-state index contributed by atoms with van der Waals surface area (Å²) in [4.78, 5) is 0. The van der Waals surface area contributed by atoms with Crippen LogP contribution >= 0.6 is 0 Å². The third kappa shape index (κ3) is 3.59. The molecular weight excluding hydrogens is 220 g/mol. The molecule has 0 aromatic heterocycles. The second-order valence-corrected chi connectivity index (χ2v) is 3.49. The molecule has 0 fully saturated rings. The zero-order valence-electron chi connectivity index (χ0n) is 10.5. The van der Waals surface area contributed by atoms with Crippen LogP contribution in [0.15, 0.2) is 18.2 Å². The minimum absolute atomic E-state index is 0.101. The van der Waals surface area contributed by atoms with Crippen LogP contribution in [0.5, 0.6) is 11.5 Å². The Bertz CT molecular complexity index is 345. The number of nitrogens with two attached hydrogens (primary N) is 1. The lowest BCUT2D eigenvalue weighted by atomic mass is 10.1. The van der Waals surface area contributed by atoms with Gasteiger partial charge in [-0.15, -0.1) is 0 Å². The number of rotatable bonds is 7. The van der Waals surface area contributed by atoms with Crippen LogP contribution in [-0.4, -0.2) is 27.4 Å². The molecule has 1 atom stereocenters. The van der Waals surface area contributed by atoms with E-state index in [0.717, 1.165) is 17.1 Å². The van der Waals surface area contributed by atoms with Crippen LogP contribution in [0.3, 0.4) is 0 Å². The molecule has 0 spiro atoms. The van der Waals surface area contributed by atoms with Gasteiger partial charge in [-0.05, 0) is 19.1 Å². The molecule has 3 N–H and O–H groups in total. The van der Waals surface area contributed by atoms with E-state index in [1.54, 1.807) is 14.2 Å². The van der Waals surface area contributed by atoms with Gasteiger partial charge in [0.05, 0.1) is 26.9 Å². The number of hydrazine groups is 1. The minimum atomic E-state index is -0.101. The number of ether oxygens (including phenoxy) is 3. The van der Waals surface area contributed by atoms with Crippen molar-refractivity contribution in [2.75, 3.05) is 27.4 Å². The van der Waals surface area contributed by atoms with Crippen LogP contribution in [0.25, 0.3) is 0 Å². The zero-order chi connectivity index (χ0) is 12.7. The first kappa shape index (κ1) is 13.8. The summed E-state index contributed by atoms with van der Waals surface area (Å²) in [6, 6.07) is 5.51. The number of methoxy groups -OCH3 is 2. The van der Waals surface area contributed by atoms with E-state index in [-0.39, 0.29) is 6.04 Å². The molecule has 0 heterocycles. The summed E-state index contributed by atoms with van der Waals surface area (Å²) < 4.78 is 15.8. The molecule has 1 aromatic rings. The van der Waals surface area contributed by atoms with Gasteiger partial charge in [0.2, 0.25) is 0 Å². The van der Waals surface area contributed by atoms with E-state index in [1.165, 1.54) is 0 Å². The van der Waals surface area contributed by atoms with Crippen LogP contribution in [0.4, 0.5) is 0 Å². The van der Waals surface area contributed by atoms with Gasteiger partial charge in [0.15, 0.2) is 0 Å². The van der Waals surface area contributed by atoms with E-state index in [0.29, 0.717) is 13.2 Å². The molecule has 0 aliphatic carbocycles. The molecule has 0 aliphatic rings. The standard InChI is InChI=1S/C12H20N2O3/c1-4-17-8-11(14-13)10-6-5-9(15-2)7-12(10)16-3/h5-7,11,14H,4,8,13H2,1-3H3. The van der Waals surface area contributed by atoms with Crippen molar-refractivity contribution in [3.63, 3.8) is 0 Å². The summed E-state index contributed by atoms with van der Waals surface area (Å²) in [6.45, 7) is 3.09. The van der Waals surface area contributed by atoms with E-state index in [9.17, 15) is 0 Å². The molecule has 0 aliphatic heterocycles. The van der Waals surface area contributed by atoms with Gasteiger partial charge in [-0.3, -0.25) is 11.3 Å². The Morgan fingerprint density at radius 3 is 2.59 bits per heavy atom. The lowest BCUT2D eigenvalue weighted by molar-refractivity contribution is 0.122. The highest BCUT2D eigenvalue weighted by atomic mass is 16.5. The summed E-state index contributed by atoms with van der Waals surface area (Å²) in [5.74, 6) is 7.00. The van der Waals surface area contributed by atoms with Gasteiger partial charge in [0.25, 0.3) is 0 Å². The average molecular weight is 240 g/mol. The molecule has 5 heteroatoms. The summed E-state index contributed by atoms with van der Waals surface area (Å²) in [6.07, 6.45) is 0. The third-order valence-corrected chi connectivity index (χ3v) is 2.51. The number of benzene rings is 1. The van der Waals surface area contributed by atoms with Crippen molar-refractivity contribution in [2.45, 2.75) is 13.0 Å². The van der Waals surface area contributed by atoms with Gasteiger partial charge in [0.1, 0.15) is 11.5 Å². The Kier molecular flexibility index (Phi) is 5.76. The smallest absolute Gasteiger partial charge is 0.127 e. The summed E-state index contributed by atoms with van der Waals surface area (Å²) >= 11 is 0. The normalized spacial score (nSPS) is 12.2. The Labute approximate surface area is 102 Å². The maximum absolute atomic E-state index is 5.52. The molecule has 0 bridgehead atoms. The van der Waals surface area contributed by atoms with Crippen molar-refractivity contribution in [3.05, 3.63) is 23.8 Å². The fourth-order valence-electron chi connectivity index (χ4n) is 1.57. The number of nitrogens with one attached hydrogen (secondary N) is 1. The Morgan fingerprint density at radius 1 is 1.29 bits per heavy atom. The predicted molar refractivity (Wildman–Crippen MR) is 66.1 cm³/mol. The van der Waals surface area contributed by atoms with Gasteiger partial charge in [0, 0.05) is 18.2 Å². The highest BCUT2D eigenvalue weighted by molar-refractivity contribution is 5.42. The van der Waals surface area contributed by atoms with Crippen LogP contribution in [0.1, 0.15) is 18.5 Å². The fraction of sp³-hybridized carbons (Fsp3) is 0.500. The van der Waals surface area contributed by atoms with E-state index >= 15 is 0 Å². The SMILES string of the molecule is CCOCC(NN)c1ccc(OC)cc1OC. The molecule has 0 amide bonds. The van der Waals surface area contributed by atoms with Crippen molar-refractivity contribution in [2.24, 2.45) is 5.84 Å². The molecule has 1 rings (SSSR count). The summed E-state index contributed by atoms with van der Waals surface area (Å²) in [5, 5.41) is 0. The van der Waals surface area contributed by atoms with Gasteiger partial charge in [-0.2, -0.15) is 0 Å². The maximum Gasteiger partial charge on any atom is 0.127 e. The van der Waals surface area contributed by atoms with Gasteiger partial charge in [-0.25, -0.2) is 0 Å². The first-order chi connectivity index (χ1) is 8.26. The van der Waals surface area contributed by atoms with E-state index in [2.05, 4.69) is 5.43 Å². The van der Waals surface area contributed by atoms with Crippen molar-refractivity contribution in [1.29, 1.82) is 0 Å². The topological polar surface area (TPSA) is 65.7 Å². The van der Waals surface area contributed by atoms with Crippen LogP contribution < -0.4 is 20.7 Å². The highest BCUT2D eigenvalue weighted by Crippen LogP contribution is 2.29. The first-order valence-corrected chi connectivity index (χ1v) is 5.52. The predicted octanol–water partition coefficient (Wildman–Crippen LogP) is 1.24. The number of hydrogen-bond acceptors (Lipinski definition) is 5. The summed E-state index contributed by atoms with van der Waals surface area (Å²) in [5.41, 5.74) is 3.67. The van der Waals surface area contributed by atoms with Gasteiger partial charge < -0.3 is 14.2 Å². The lowest BCUT2D eigenvalue weighted by Gasteiger charge is -2.19. The quantitative estimate of drug-likeness (QED) is 0.554. The Hall–Kier alpha value is -1.30. The average Bonchev–Trinajstić information content (AvgIpc) is 2.39.